The van der Waals surface area contributed by atoms with Crippen molar-refractivity contribution in [3.8, 4) is 5.75 Å². The molecule has 3 aromatic rings. The van der Waals surface area contributed by atoms with Gasteiger partial charge >= 0.3 is 0 Å². The number of fused-ring (bicyclic) bond motifs is 3. The number of anilines is 1. The molecule has 0 unspecified atom stereocenters. The van der Waals surface area contributed by atoms with E-state index < -0.39 is 0 Å². The van der Waals surface area contributed by atoms with Gasteiger partial charge in [0.2, 0.25) is 0 Å². The first kappa shape index (κ1) is 20.7. The van der Waals surface area contributed by atoms with Crippen LogP contribution in [0.25, 0.3) is 10.2 Å². The summed E-state index contributed by atoms with van der Waals surface area (Å²) < 4.78 is 5.21. The standard InChI is InChI=1S/C24H29N3O2S/c1-4-6-19-17-7-5-8-18(17)20-21(25)22(30-24(20)27-19)23(28)26-14(2)13-15-9-11-16(29-3)12-10-15/h9-12,14H,4-8,13,25H2,1-3H3,(H,26,28)/t14-/m1/s1. The van der Waals surface area contributed by atoms with Gasteiger partial charge in [-0.2, -0.15) is 0 Å². The predicted molar refractivity (Wildman–Crippen MR) is 124 cm³/mol. The zero-order valence-electron chi connectivity index (χ0n) is 17.9. The quantitative estimate of drug-likeness (QED) is 0.578. The molecule has 0 aliphatic heterocycles. The van der Waals surface area contributed by atoms with Crippen LogP contribution in [-0.2, 0) is 25.7 Å². The fraction of sp³-hybridized carbons (Fsp3) is 0.417. The number of thiophene rings is 1. The largest absolute Gasteiger partial charge is 0.497 e. The van der Waals surface area contributed by atoms with E-state index in [1.165, 1.54) is 28.2 Å². The van der Waals surface area contributed by atoms with Crippen LogP contribution in [0.4, 0.5) is 5.69 Å². The first-order valence-corrected chi connectivity index (χ1v) is 11.5. The van der Waals surface area contributed by atoms with Gasteiger partial charge in [-0.3, -0.25) is 4.79 Å². The Hall–Kier alpha value is -2.60. The van der Waals surface area contributed by atoms with Crippen molar-refractivity contribution in [1.29, 1.82) is 0 Å². The maximum atomic E-state index is 13.0. The van der Waals surface area contributed by atoms with E-state index in [4.69, 9.17) is 15.5 Å². The number of carbonyl (C=O) groups is 1. The topological polar surface area (TPSA) is 77.2 Å². The van der Waals surface area contributed by atoms with Crippen molar-refractivity contribution in [3.63, 3.8) is 0 Å². The third kappa shape index (κ3) is 3.88. The molecule has 5 nitrogen and oxygen atoms in total. The molecule has 3 N–H and O–H groups in total. The number of nitrogens with two attached hydrogens (primary N) is 1. The molecule has 0 spiro atoms. The number of nitrogens with zero attached hydrogens (tertiary/aromatic N) is 1. The molecule has 6 heteroatoms. The highest BCUT2D eigenvalue weighted by molar-refractivity contribution is 7.21. The minimum absolute atomic E-state index is 0.00941. The zero-order chi connectivity index (χ0) is 21.3. The highest BCUT2D eigenvalue weighted by atomic mass is 32.1. The summed E-state index contributed by atoms with van der Waals surface area (Å²) in [6.45, 7) is 4.19. The Morgan fingerprint density at radius 1 is 1.27 bits per heavy atom. The molecule has 1 amide bonds. The summed E-state index contributed by atoms with van der Waals surface area (Å²) in [6, 6.07) is 7.92. The van der Waals surface area contributed by atoms with Gasteiger partial charge in [0, 0.05) is 17.1 Å². The Bertz CT molecular complexity index is 1070. The number of nitrogens with one attached hydrogen (secondary N) is 1. The lowest BCUT2D eigenvalue weighted by molar-refractivity contribution is 0.0945. The number of ether oxygens (including phenoxy) is 1. The molecular weight excluding hydrogens is 394 g/mol. The predicted octanol–water partition coefficient (Wildman–Crippen LogP) is 4.69. The second kappa shape index (κ2) is 8.64. The molecule has 4 rings (SSSR count). The number of aryl methyl sites for hydroxylation is 2. The molecule has 0 bridgehead atoms. The van der Waals surface area contributed by atoms with Crippen molar-refractivity contribution in [2.45, 2.75) is 58.4 Å². The summed E-state index contributed by atoms with van der Waals surface area (Å²) in [6.07, 6.45) is 6.04. The van der Waals surface area contributed by atoms with E-state index in [1.807, 2.05) is 31.2 Å². The van der Waals surface area contributed by atoms with E-state index in [0.717, 1.165) is 60.1 Å². The summed E-state index contributed by atoms with van der Waals surface area (Å²) >= 11 is 1.43. The van der Waals surface area contributed by atoms with Crippen molar-refractivity contribution in [3.05, 3.63) is 51.5 Å². The fourth-order valence-corrected chi connectivity index (χ4v) is 5.45. The number of rotatable bonds is 7. The van der Waals surface area contributed by atoms with Crippen molar-refractivity contribution < 1.29 is 9.53 Å². The SMILES string of the molecule is CCCc1nc2sc(C(=O)N[C@H](C)Cc3ccc(OC)cc3)c(N)c2c2c1CCC2. The summed E-state index contributed by atoms with van der Waals surface area (Å²) in [5.41, 5.74) is 12.1. The van der Waals surface area contributed by atoms with Gasteiger partial charge in [-0.15, -0.1) is 11.3 Å². The molecule has 1 atom stereocenters. The monoisotopic (exact) mass is 423 g/mol. The lowest BCUT2D eigenvalue weighted by atomic mass is 10.0. The number of nitrogen functional groups attached to an aromatic ring is 1. The van der Waals surface area contributed by atoms with E-state index in [9.17, 15) is 4.79 Å². The average Bonchev–Trinajstić information content (AvgIpc) is 3.33. The van der Waals surface area contributed by atoms with Crippen molar-refractivity contribution in [1.82, 2.24) is 10.3 Å². The number of aromatic nitrogens is 1. The van der Waals surface area contributed by atoms with E-state index in [-0.39, 0.29) is 11.9 Å². The van der Waals surface area contributed by atoms with Gasteiger partial charge in [-0.25, -0.2) is 4.98 Å². The van der Waals surface area contributed by atoms with Crippen LogP contribution in [0.2, 0.25) is 0 Å². The van der Waals surface area contributed by atoms with E-state index in [2.05, 4.69) is 12.2 Å². The van der Waals surface area contributed by atoms with Gasteiger partial charge in [-0.1, -0.05) is 25.5 Å². The van der Waals surface area contributed by atoms with Gasteiger partial charge in [-0.05, 0) is 67.9 Å². The number of benzene rings is 1. The summed E-state index contributed by atoms with van der Waals surface area (Å²) in [4.78, 5) is 19.4. The van der Waals surface area contributed by atoms with Gasteiger partial charge in [0.15, 0.2) is 0 Å². The van der Waals surface area contributed by atoms with Crippen LogP contribution in [0.5, 0.6) is 5.75 Å². The fourth-order valence-electron chi connectivity index (χ4n) is 4.40. The highest BCUT2D eigenvalue weighted by Crippen LogP contribution is 2.40. The smallest absolute Gasteiger partial charge is 0.263 e. The molecule has 0 saturated heterocycles. The molecule has 0 fully saturated rings. The van der Waals surface area contributed by atoms with Crippen LogP contribution in [0.15, 0.2) is 24.3 Å². The Kier molecular flexibility index (Phi) is 5.95. The van der Waals surface area contributed by atoms with Gasteiger partial charge < -0.3 is 15.8 Å². The number of amides is 1. The van der Waals surface area contributed by atoms with E-state index >= 15 is 0 Å². The van der Waals surface area contributed by atoms with Gasteiger partial charge in [0.05, 0.1) is 12.8 Å². The molecule has 1 aliphatic carbocycles. The number of carbonyl (C=O) groups excluding carboxylic acids is 1. The Morgan fingerprint density at radius 2 is 2.00 bits per heavy atom. The minimum Gasteiger partial charge on any atom is -0.497 e. The van der Waals surface area contributed by atoms with Crippen molar-refractivity contribution >= 4 is 33.1 Å². The Labute approximate surface area is 181 Å². The lowest BCUT2D eigenvalue weighted by Gasteiger charge is -2.14. The molecular formula is C24H29N3O2S. The van der Waals surface area contributed by atoms with Crippen LogP contribution >= 0.6 is 11.3 Å². The van der Waals surface area contributed by atoms with Crippen molar-refractivity contribution in [2.24, 2.45) is 0 Å². The minimum atomic E-state index is -0.111. The van der Waals surface area contributed by atoms with Crippen LogP contribution < -0.4 is 15.8 Å². The molecule has 0 saturated carbocycles. The number of hydrogen-bond donors (Lipinski definition) is 2. The Balaban J connectivity index is 1.56. The number of methoxy groups -OCH3 is 1. The number of hydrogen-bond acceptors (Lipinski definition) is 5. The van der Waals surface area contributed by atoms with Gasteiger partial charge in [0.1, 0.15) is 15.5 Å². The summed E-state index contributed by atoms with van der Waals surface area (Å²) in [5.74, 6) is 0.719. The van der Waals surface area contributed by atoms with Gasteiger partial charge in [0.25, 0.3) is 5.91 Å². The van der Waals surface area contributed by atoms with Crippen LogP contribution in [0.3, 0.4) is 0 Å². The Morgan fingerprint density at radius 3 is 2.70 bits per heavy atom. The average molecular weight is 424 g/mol. The molecule has 0 radical (unpaired) electrons. The second-order valence-corrected chi connectivity index (χ2v) is 9.07. The maximum absolute atomic E-state index is 13.0. The highest BCUT2D eigenvalue weighted by Gasteiger charge is 2.26. The number of pyridine rings is 1. The molecule has 158 valence electrons. The van der Waals surface area contributed by atoms with Crippen molar-refractivity contribution in [2.75, 3.05) is 12.8 Å². The molecule has 30 heavy (non-hydrogen) atoms. The van der Waals surface area contributed by atoms with Crippen LogP contribution in [-0.4, -0.2) is 24.0 Å². The summed E-state index contributed by atoms with van der Waals surface area (Å²) in [7, 11) is 1.66. The third-order valence-corrected chi connectivity index (χ3v) is 6.90. The zero-order valence-corrected chi connectivity index (χ0v) is 18.7. The lowest BCUT2D eigenvalue weighted by Crippen LogP contribution is -2.33. The first-order valence-electron chi connectivity index (χ1n) is 10.7. The van der Waals surface area contributed by atoms with Crippen LogP contribution in [0.1, 0.15) is 58.7 Å². The normalized spacial score (nSPS) is 14.0. The first-order chi connectivity index (χ1) is 14.5. The molecule has 1 aromatic carbocycles. The van der Waals surface area contributed by atoms with E-state index in [1.54, 1.807) is 7.11 Å². The van der Waals surface area contributed by atoms with Crippen LogP contribution in [0, 0.1) is 0 Å². The molecule has 2 aromatic heterocycles. The van der Waals surface area contributed by atoms with E-state index in [0.29, 0.717) is 10.6 Å². The molecule has 1 aliphatic rings. The summed E-state index contributed by atoms with van der Waals surface area (Å²) in [5, 5.41) is 4.13. The second-order valence-electron chi connectivity index (χ2n) is 8.07. The maximum Gasteiger partial charge on any atom is 0.263 e. The molecule has 2 heterocycles. The third-order valence-electron chi connectivity index (χ3n) is 5.80.